The quantitative estimate of drug-likeness (QED) is 0.755. The van der Waals surface area contributed by atoms with E-state index in [1.807, 2.05) is 0 Å². The maximum absolute atomic E-state index is 12.1. The van der Waals surface area contributed by atoms with Gasteiger partial charge in [0.1, 0.15) is 0 Å². The van der Waals surface area contributed by atoms with Crippen LogP contribution in [0.4, 0.5) is 5.69 Å². The molecule has 1 saturated heterocycles. The smallest absolute Gasteiger partial charge is 0.218 e. The van der Waals surface area contributed by atoms with Crippen molar-refractivity contribution in [3.8, 4) is 0 Å². The highest BCUT2D eigenvalue weighted by Gasteiger charge is 2.30. The SMILES string of the molecule is Nc1ccccc1CS(=O)(=O)N1CCC(O)C1. The molecule has 0 saturated carbocycles. The fourth-order valence-electron chi connectivity index (χ4n) is 1.92. The van der Waals surface area contributed by atoms with Gasteiger partial charge in [0, 0.05) is 18.8 Å². The van der Waals surface area contributed by atoms with Crippen molar-refractivity contribution >= 4 is 15.7 Å². The molecule has 1 aliphatic rings. The summed E-state index contributed by atoms with van der Waals surface area (Å²) < 4.78 is 25.4. The summed E-state index contributed by atoms with van der Waals surface area (Å²) in [5, 5.41) is 9.35. The average Bonchev–Trinajstić information content (AvgIpc) is 2.69. The number of nitrogens with zero attached hydrogens (tertiary/aromatic N) is 1. The Hall–Kier alpha value is -1.11. The summed E-state index contributed by atoms with van der Waals surface area (Å²) in [4.78, 5) is 0. The minimum Gasteiger partial charge on any atom is -0.398 e. The molecule has 2 rings (SSSR count). The van der Waals surface area contributed by atoms with Gasteiger partial charge in [0.05, 0.1) is 11.9 Å². The number of benzene rings is 1. The van der Waals surface area contributed by atoms with Crippen molar-refractivity contribution in [2.45, 2.75) is 18.3 Å². The second-order valence-electron chi connectivity index (χ2n) is 4.26. The van der Waals surface area contributed by atoms with Crippen molar-refractivity contribution in [2.75, 3.05) is 18.8 Å². The third-order valence-electron chi connectivity index (χ3n) is 2.91. The first-order valence-electron chi connectivity index (χ1n) is 5.48. The summed E-state index contributed by atoms with van der Waals surface area (Å²) in [6.45, 7) is 0.575. The number of nitrogens with two attached hydrogens (primary N) is 1. The first-order valence-corrected chi connectivity index (χ1v) is 7.09. The molecule has 0 amide bonds. The number of sulfonamides is 1. The first-order chi connectivity index (χ1) is 7.99. The normalized spacial score (nSPS) is 21.8. The molecule has 0 bridgehead atoms. The molecule has 6 heteroatoms. The highest BCUT2D eigenvalue weighted by atomic mass is 32.2. The number of hydrogen-bond donors (Lipinski definition) is 2. The highest BCUT2D eigenvalue weighted by Crippen LogP contribution is 2.20. The summed E-state index contributed by atoms with van der Waals surface area (Å²) in [5.41, 5.74) is 6.81. The molecule has 3 N–H and O–H groups in total. The lowest BCUT2D eigenvalue weighted by Gasteiger charge is -2.16. The van der Waals surface area contributed by atoms with Crippen LogP contribution in [0.1, 0.15) is 12.0 Å². The van der Waals surface area contributed by atoms with Gasteiger partial charge >= 0.3 is 0 Å². The van der Waals surface area contributed by atoms with Crippen LogP contribution in [-0.2, 0) is 15.8 Å². The Morgan fingerprint density at radius 3 is 2.71 bits per heavy atom. The molecule has 5 nitrogen and oxygen atoms in total. The molecule has 1 fully saturated rings. The number of aliphatic hydroxyl groups excluding tert-OH is 1. The van der Waals surface area contributed by atoms with Crippen molar-refractivity contribution in [1.82, 2.24) is 4.31 Å². The fraction of sp³-hybridized carbons (Fsp3) is 0.455. The maximum Gasteiger partial charge on any atom is 0.218 e. The summed E-state index contributed by atoms with van der Waals surface area (Å²) in [6, 6.07) is 6.92. The van der Waals surface area contributed by atoms with Crippen LogP contribution in [0.2, 0.25) is 0 Å². The molecule has 17 heavy (non-hydrogen) atoms. The predicted molar refractivity (Wildman–Crippen MR) is 65.7 cm³/mol. The Morgan fingerprint density at radius 2 is 2.12 bits per heavy atom. The van der Waals surface area contributed by atoms with E-state index in [4.69, 9.17) is 5.73 Å². The molecule has 0 radical (unpaired) electrons. The third-order valence-corrected chi connectivity index (χ3v) is 4.71. The van der Waals surface area contributed by atoms with Crippen LogP contribution in [0, 0.1) is 0 Å². The van der Waals surface area contributed by atoms with Gasteiger partial charge in [0.25, 0.3) is 0 Å². The highest BCUT2D eigenvalue weighted by molar-refractivity contribution is 7.88. The maximum atomic E-state index is 12.1. The first kappa shape index (κ1) is 12.3. The monoisotopic (exact) mass is 256 g/mol. The summed E-state index contributed by atoms with van der Waals surface area (Å²) in [5.74, 6) is -0.105. The molecule has 1 unspecified atom stereocenters. The molecule has 1 atom stereocenters. The van der Waals surface area contributed by atoms with Crippen molar-refractivity contribution < 1.29 is 13.5 Å². The number of rotatable bonds is 3. The number of anilines is 1. The van der Waals surface area contributed by atoms with Gasteiger partial charge in [0.2, 0.25) is 10.0 Å². The number of aliphatic hydroxyl groups is 1. The number of para-hydroxylation sites is 1. The van der Waals surface area contributed by atoms with Gasteiger partial charge in [-0.1, -0.05) is 18.2 Å². The zero-order valence-corrected chi connectivity index (χ0v) is 10.2. The minimum atomic E-state index is -3.38. The van der Waals surface area contributed by atoms with Crippen molar-refractivity contribution in [3.05, 3.63) is 29.8 Å². The number of hydrogen-bond acceptors (Lipinski definition) is 4. The van der Waals surface area contributed by atoms with Gasteiger partial charge in [-0.25, -0.2) is 8.42 Å². The molecule has 94 valence electrons. The van der Waals surface area contributed by atoms with E-state index in [0.717, 1.165) is 0 Å². The van der Waals surface area contributed by atoms with E-state index in [0.29, 0.717) is 24.2 Å². The Kier molecular flexibility index (Phi) is 3.37. The Balaban J connectivity index is 2.15. The van der Waals surface area contributed by atoms with Crippen LogP contribution >= 0.6 is 0 Å². The lowest BCUT2D eigenvalue weighted by atomic mass is 10.2. The second-order valence-corrected chi connectivity index (χ2v) is 6.22. The molecular formula is C11H16N2O3S. The summed E-state index contributed by atoms with van der Waals surface area (Å²) in [7, 11) is -3.38. The zero-order valence-electron chi connectivity index (χ0n) is 9.41. The molecule has 1 aromatic carbocycles. The van der Waals surface area contributed by atoms with Crippen molar-refractivity contribution in [1.29, 1.82) is 0 Å². The molecule has 1 heterocycles. The van der Waals surface area contributed by atoms with E-state index in [1.165, 1.54) is 4.31 Å². The molecular weight excluding hydrogens is 240 g/mol. The van der Waals surface area contributed by atoms with Crippen LogP contribution < -0.4 is 5.73 Å². The van der Waals surface area contributed by atoms with Gasteiger partial charge < -0.3 is 10.8 Å². The second kappa shape index (κ2) is 4.64. The molecule has 1 aromatic rings. The lowest BCUT2D eigenvalue weighted by molar-refractivity contribution is 0.189. The van der Waals surface area contributed by atoms with Gasteiger partial charge in [-0.05, 0) is 18.1 Å². The topological polar surface area (TPSA) is 83.6 Å². The van der Waals surface area contributed by atoms with Crippen LogP contribution in [0.3, 0.4) is 0 Å². The molecule has 1 aliphatic heterocycles. The summed E-state index contributed by atoms with van der Waals surface area (Å²) in [6.07, 6.45) is -0.0401. The van der Waals surface area contributed by atoms with E-state index >= 15 is 0 Å². The van der Waals surface area contributed by atoms with Crippen molar-refractivity contribution in [2.24, 2.45) is 0 Å². The third kappa shape index (κ3) is 2.77. The van der Waals surface area contributed by atoms with Gasteiger partial charge in [0.15, 0.2) is 0 Å². The zero-order chi connectivity index (χ0) is 12.5. The van der Waals surface area contributed by atoms with Crippen molar-refractivity contribution in [3.63, 3.8) is 0 Å². The Bertz CT molecular complexity index is 501. The van der Waals surface area contributed by atoms with E-state index in [1.54, 1.807) is 24.3 Å². The Morgan fingerprint density at radius 1 is 1.41 bits per heavy atom. The van der Waals surface area contributed by atoms with E-state index < -0.39 is 16.1 Å². The van der Waals surface area contributed by atoms with Crippen LogP contribution in [0.25, 0.3) is 0 Å². The average molecular weight is 256 g/mol. The van der Waals surface area contributed by atoms with E-state index in [2.05, 4.69) is 0 Å². The fourth-order valence-corrected chi connectivity index (χ4v) is 3.54. The van der Waals surface area contributed by atoms with Gasteiger partial charge in [-0.15, -0.1) is 0 Å². The largest absolute Gasteiger partial charge is 0.398 e. The summed E-state index contributed by atoms with van der Waals surface area (Å²) >= 11 is 0. The minimum absolute atomic E-state index is 0.105. The lowest BCUT2D eigenvalue weighted by Crippen LogP contribution is -2.31. The predicted octanol–water partition coefficient (Wildman–Crippen LogP) is 0.165. The Labute approximate surface area is 101 Å². The van der Waals surface area contributed by atoms with Crippen LogP contribution in [0.5, 0.6) is 0 Å². The number of nitrogen functional groups attached to an aromatic ring is 1. The van der Waals surface area contributed by atoms with E-state index in [9.17, 15) is 13.5 Å². The van der Waals surface area contributed by atoms with Crippen LogP contribution in [-0.4, -0.2) is 37.0 Å². The van der Waals surface area contributed by atoms with E-state index in [-0.39, 0.29) is 12.3 Å². The van der Waals surface area contributed by atoms with Gasteiger partial charge in [-0.3, -0.25) is 0 Å². The number of β-amino-alcohol motifs (C(OH)–C–C–N with tert-alkyl or cyclic N) is 1. The molecule has 0 spiro atoms. The molecule has 0 aliphatic carbocycles. The standard InChI is InChI=1S/C11H16N2O3S/c12-11-4-2-1-3-9(11)8-17(15,16)13-6-5-10(14)7-13/h1-4,10,14H,5-8,12H2. The van der Waals surface area contributed by atoms with Crippen LogP contribution in [0.15, 0.2) is 24.3 Å². The van der Waals surface area contributed by atoms with Gasteiger partial charge in [-0.2, -0.15) is 4.31 Å². The molecule has 0 aromatic heterocycles.